The first-order chi connectivity index (χ1) is 13.4. The zero-order valence-electron chi connectivity index (χ0n) is 16.1. The molecular formula is C19H24N4O4S. The Kier molecular flexibility index (Phi) is 6.25. The molecule has 0 spiro atoms. The van der Waals surface area contributed by atoms with Crippen molar-refractivity contribution in [2.75, 3.05) is 12.4 Å². The normalized spacial score (nSPS) is 12.6. The Labute approximate surface area is 166 Å². The molecule has 2 N–H and O–H groups in total. The minimum atomic E-state index is -0.854. The molecule has 8 nitrogen and oxygen atoms in total. The molecule has 150 valence electrons. The van der Waals surface area contributed by atoms with Crippen molar-refractivity contribution in [3.05, 3.63) is 51.2 Å². The third-order valence-electron chi connectivity index (χ3n) is 4.10. The fourth-order valence-electron chi connectivity index (χ4n) is 2.71. The lowest BCUT2D eigenvalue weighted by Gasteiger charge is -2.15. The molecule has 0 aliphatic rings. The van der Waals surface area contributed by atoms with E-state index in [1.54, 1.807) is 11.6 Å². The van der Waals surface area contributed by atoms with E-state index in [9.17, 15) is 14.7 Å². The van der Waals surface area contributed by atoms with Crippen molar-refractivity contribution in [2.24, 2.45) is 13.0 Å². The Morgan fingerprint density at radius 1 is 1.25 bits per heavy atom. The Morgan fingerprint density at radius 3 is 2.64 bits per heavy atom. The Bertz CT molecular complexity index is 1060. The SMILES string of the molecule is CC(C)CSc1nc2c(c(=O)[nH]c(=O)n2C)n1C[C@@H](O)COc1ccccc1. The first-order valence-corrected chi connectivity index (χ1v) is 10.0. The number of H-pyrrole nitrogens is 1. The topological polar surface area (TPSA) is 102 Å². The van der Waals surface area contributed by atoms with E-state index < -0.39 is 17.4 Å². The monoisotopic (exact) mass is 404 g/mol. The number of aryl methyl sites for hydroxylation is 1. The number of nitrogens with one attached hydrogen (secondary N) is 1. The number of hydrogen-bond donors (Lipinski definition) is 2. The zero-order valence-corrected chi connectivity index (χ0v) is 16.9. The molecule has 0 fully saturated rings. The predicted octanol–water partition coefficient (Wildman–Crippen LogP) is 1.61. The van der Waals surface area contributed by atoms with Gasteiger partial charge in [-0.05, 0) is 18.1 Å². The van der Waals surface area contributed by atoms with E-state index in [0.717, 1.165) is 5.75 Å². The van der Waals surface area contributed by atoms with Crippen molar-refractivity contribution in [1.82, 2.24) is 19.1 Å². The summed E-state index contributed by atoms with van der Waals surface area (Å²) < 4.78 is 8.58. The molecule has 3 rings (SSSR count). The van der Waals surface area contributed by atoms with Gasteiger partial charge in [0.05, 0.1) is 6.54 Å². The third kappa shape index (κ3) is 4.48. The highest BCUT2D eigenvalue weighted by atomic mass is 32.2. The first kappa shape index (κ1) is 20.2. The van der Waals surface area contributed by atoms with E-state index in [-0.39, 0.29) is 18.7 Å². The van der Waals surface area contributed by atoms with Gasteiger partial charge >= 0.3 is 5.69 Å². The second-order valence-electron chi connectivity index (χ2n) is 6.98. The van der Waals surface area contributed by atoms with Crippen LogP contribution in [0.1, 0.15) is 13.8 Å². The molecule has 0 bridgehead atoms. The predicted molar refractivity (Wildman–Crippen MR) is 109 cm³/mol. The molecule has 0 unspecified atom stereocenters. The zero-order chi connectivity index (χ0) is 20.3. The lowest BCUT2D eigenvalue weighted by Crippen LogP contribution is -2.30. The second-order valence-corrected chi connectivity index (χ2v) is 7.97. The number of aromatic amines is 1. The van der Waals surface area contributed by atoms with Crippen LogP contribution in [0.2, 0.25) is 0 Å². The van der Waals surface area contributed by atoms with Gasteiger partial charge in [-0.2, -0.15) is 0 Å². The maximum Gasteiger partial charge on any atom is 0.329 e. The largest absolute Gasteiger partial charge is 0.491 e. The molecule has 9 heteroatoms. The number of aliphatic hydroxyl groups is 1. The number of thioether (sulfide) groups is 1. The molecule has 1 atom stereocenters. The Morgan fingerprint density at radius 2 is 1.96 bits per heavy atom. The van der Waals surface area contributed by atoms with E-state index in [4.69, 9.17) is 4.74 Å². The van der Waals surface area contributed by atoms with Crippen molar-refractivity contribution in [1.29, 1.82) is 0 Å². The van der Waals surface area contributed by atoms with Crippen LogP contribution < -0.4 is 16.0 Å². The smallest absolute Gasteiger partial charge is 0.329 e. The van der Waals surface area contributed by atoms with E-state index in [1.165, 1.54) is 16.3 Å². The molecule has 1 aromatic carbocycles. The molecule has 0 aliphatic carbocycles. The lowest BCUT2D eigenvalue weighted by molar-refractivity contribution is 0.0914. The molecule has 28 heavy (non-hydrogen) atoms. The highest BCUT2D eigenvalue weighted by molar-refractivity contribution is 7.99. The number of aromatic nitrogens is 4. The van der Waals surface area contributed by atoms with E-state index in [1.807, 2.05) is 30.3 Å². The molecule has 2 aromatic heterocycles. The number of nitrogens with zero attached hydrogens (tertiary/aromatic N) is 3. The highest BCUT2D eigenvalue weighted by Crippen LogP contribution is 2.24. The number of benzene rings is 1. The van der Waals surface area contributed by atoms with Crippen LogP contribution in [0.5, 0.6) is 5.75 Å². The molecule has 0 amide bonds. The van der Waals surface area contributed by atoms with Crippen LogP contribution in [0.15, 0.2) is 45.1 Å². The lowest BCUT2D eigenvalue weighted by atomic mass is 10.3. The fourth-order valence-corrected chi connectivity index (χ4v) is 3.66. The van der Waals surface area contributed by atoms with Crippen LogP contribution in [-0.2, 0) is 13.6 Å². The Balaban J connectivity index is 1.90. The van der Waals surface area contributed by atoms with Gasteiger partial charge in [0, 0.05) is 12.8 Å². The van der Waals surface area contributed by atoms with Gasteiger partial charge in [-0.25, -0.2) is 9.78 Å². The quantitative estimate of drug-likeness (QED) is 0.553. The van der Waals surface area contributed by atoms with Gasteiger partial charge in [-0.3, -0.25) is 14.3 Å². The maximum absolute atomic E-state index is 12.4. The van der Waals surface area contributed by atoms with Crippen LogP contribution in [0, 0.1) is 5.92 Å². The average Bonchev–Trinajstić information content (AvgIpc) is 3.02. The van der Waals surface area contributed by atoms with Gasteiger partial charge < -0.3 is 14.4 Å². The van der Waals surface area contributed by atoms with Crippen molar-refractivity contribution < 1.29 is 9.84 Å². The summed E-state index contributed by atoms with van der Waals surface area (Å²) in [7, 11) is 1.56. The van der Waals surface area contributed by atoms with Crippen molar-refractivity contribution in [3.8, 4) is 5.75 Å². The Hall–Kier alpha value is -2.52. The van der Waals surface area contributed by atoms with Gasteiger partial charge in [0.15, 0.2) is 16.3 Å². The molecule has 0 aliphatic heterocycles. The van der Waals surface area contributed by atoms with Crippen molar-refractivity contribution >= 4 is 22.9 Å². The number of imidazole rings is 1. The van der Waals surface area contributed by atoms with Gasteiger partial charge in [-0.1, -0.05) is 43.8 Å². The van der Waals surface area contributed by atoms with Gasteiger partial charge in [-0.15, -0.1) is 0 Å². The van der Waals surface area contributed by atoms with Crippen LogP contribution >= 0.6 is 11.8 Å². The summed E-state index contributed by atoms with van der Waals surface area (Å²) in [5.74, 6) is 1.88. The highest BCUT2D eigenvalue weighted by Gasteiger charge is 2.20. The van der Waals surface area contributed by atoms with Crippen LogP contribution in [-0.4, -0.2) is 42.7 Å². The van der Waals surface area contributed by atoms with Crippen LogP contribution in [0.25, 0.3) is 11.2 Å². The number of ether oxygens (including phenoxy) is 1. The molecule has 2 heterocycles. The summed E-state index contributed by atoms with van der Waals surface area (Å²) in [5.41, 5.74) is -0.461. The van der Waals surface area contributed by atoms with E-state index in [2.05, 4.69) is 23.8 Å². The minimum absolute atomic E-state index is 0.0711. The summed E-state index contributed by atoms with van der Waals surface area (Å²) in [6, 6.07) is 9.21. The van der Waals surface area contributed by atoms with E-state index >= 15 is 0 Å². The summed E-state index contributed by atoms with van der Waals surface area (Å²) in [6.07, 6.45) is -0.854. The minimum Gasteiger partial charge on any atom is -0.491 e. The molecular weight excluding hydrogens is 380 g/mol. The number of rotatable bonds is 8. The number of para-hydroxylation sites is 1. The second kappa shape index (κ2) is 8.66. The first-order valence-electron chi connectivity index (χ1n) is 9.05. The average molecular weight is 404 g/mol. The number of fused-ring (bicyclic) bond motifs is 1. The summed E-state index contributed by atoms with van der Waals surface area (Å²) >= 11 is 1.49. The fraction of sp³-hybridized carbons (Fsp3) is 0.421. The van der Waals surface area contributed by atoms with Crippen molar-refractivity contribution in [2.45, 2.75) is 31.7 Å². The standard InChI is InChI=1S/C19H24N4O4S/c1-12(2)11-28-19-20-16-15(17(25)21-18(26)22(16)3)23(19)9-13(24)10-27-14-7-5-4-6-8-14/h4-8,12-13,24H,9-11H2,1-3H3,(H,21,25,26)/t13-/m1/s1. The summed E-state index contributed by atoms with van der Waals surface area (Å²) in [5, 5.41) is 11.1. The van der Waals surface area contributed by atoms with Crippen LogP contribution in [0.3, 0.4) is 0 Å². The maximum atomic E-state index is 12.4. The van der Waals surface area contributed by atoms with Crippen molar-refractivity contribution in [3.63, 3.8) is 0 Å². The number of hydrogen-bond acceptors (Lipinski definition) is 6. The van der Waals surface area contributed by atoms with Crippen LogP contribution in [0.4, 0.5) is 0 Å². The van der Waals surface area contributed by atoms with E-state index in [0.29, 0.717) is 22.5 Å². The van der Waals surface area contributed by atoms with Gasteiger partial charge in [0.1, 0.15) is 18.5 Å². The number of aliphatic hydroxyl groups excluding tert-OH is 1. The molecule has 0 saturated heterocycles. The third-order valence-corrected chi connectivity index (χ3v) is 5.50. The molecule has 0 saturated carbocycles. The molecule has 0 radical (unpaired) electrons. The summed E-state index contributed by atoms with van der Waals surface area (Å²) in [6.45, 7) is 4.38. The van der Waals surface area contributed by atoms with Gasteiger partial charge in [0.25, 0.3) is 5.56 Å². The molecule has 3 aromatic rings. The summed E-state index contributed by atoms with van der Waals surface area (Å²) in [4.78, 5) is 31.1. The van der Waals surface area contributed by atoms with Gasteiger partial charge in [0.2, 0.25) is 0 Å².